The fourth-order valence-corrected chi connectivity index (χ4v) is 2.87. The number of benzene rings is 1. The summed E-state index contributed by atoms with van der Waals surface area (Å²) in [6.45, 7) is 5.91. The van der Waals surface area contributed by atoms with Crippen LogP contribution in [0.1, 0.15) is 39.2 Å². The SMILES string of the molecule is CCNC(=NCc1ccc(OC(F)F)c(OCC)c1)NCC1(C)CCCO1. The minimum atomic E-state index is -2.89. The van der Waals surface area contributed by atoms with Crippen molar-refractivity contribution >= 4 is 5.96 Å². The lowest BCUT2D eigenvalue weighted by molar-refractivity contribution is -0.0514. The number of alkyl halides is 2. The van der Waals surface area contributed by atoms with Crippen molar-refractivity contribution in [1.82, 2.24) is 10.6 Å². The minimum Gasteiger partial charge on any atom is -0.490 e. The number of halogens is 2. The summed E-state index contributed by atoms with van der Waals surface area (Å²) in [4.78, 5) is 4.56. The molecule has 1 atom stereocenters. The predicted octanol–water partition coefficient (Wildman–Crippen LogP) is 3.31. The quantitative estimate of drug-likeness (QED) is 0.504. The second kappa shape index (κ2) is 10.3. The minimum absolute atomic E-state index is 0.0240. The van der Waals surface area contributed by atoms with Gasteiger partial charge in [0.2, 0.25) is 0 Å². The largest absolute Gasteiger partial charge is 0.490 e. The van der Waals surface area contributed by atoms with Gasteiger partial charge in [-0.15, -0.1) is 0 Å². The Morgan fingerprint density at radius 3 is 2.74 bits per heavy atom. The zero-order valence-electron chi connectivity index (χ0n) is 16.2. The first-order chi connectivity index (χ1) is 13.0. The van der Waals surface area contributed by atoms with E-state index >= 15 is 0 Å². The summed E-state index contributed by atoms with van der Waals surface area (Å²) in [6.07, 6.45) is 2.09. The molecule has 2 rings (SSSR count). The highest BCUT2D eigenvalue weighted by molar-refractivity contribution is 5.79. The van der Waals surface area contributed by atoms with Gasteiger partial charge < -0.3 is 24.8 Å². The molecule has 0 aliphatic carbocycles. The standard InChI is InChI=1S/C19H29F2N3O3/c1-4-22-18(24-13-19(3)9-6-10-26-19)23-12-14-7-8-15(27-17(20)21)16(11-14)25-5-2/h7-8,11,17H,4-6,9-10,12-13H2,1-3H3,(H2,22,23,24). The molecule has 152 valence electrons. The second-order valence-electron chi connectivity index (χ2n) is 6.54. The average molecular weight is 385 g/mol. The maximum Gasteiger partial charge on any atom is 0.387 e. The van der Waals surface area contributed by atoms with Gasteiger partial charge in [0, 0.05) is 19.7 Å². The van der Waals surface area contributed by atoms with Crippen molar-refractivity contribution in [3.8, 4) is 11.5 Å². The van der Waals surface area contributed by atoms with Crippen LogP contribution >= 0.6 is 0 Å². The van der Waals surface area contributed by atoms with Crippen LogP contribution in [-0.2, 0) is 11.3 Å². The van der Waals surface area contributed by atoms with E-state index < -0.39 is 6.61 Å². The lowest BCUT2D eigenvalue weighted by Crippen LogP contribution is -2.45. The van der Waals surface area contributed by atoms with E-state index in [0.29, 0.717) is 25.7 Å². The first-order valence-electron chi connectivity index (χ1n) is 9.32. The molecule has 0 radical (unpaired) electrons. The summed E-state index contributed by atoms with van der Waals surface area (Å²) >= 11 is 0. The number of hydrogen-bond acceptors (Lipinski definition) is 4. The molecule has 0 amide bonds. The molecule has 1 heterocycles. The normalized spacial score (nSPS) is 20.0. The molecule has 8 heteroatoms. The molecule has 1 saturated heterocycles. The number of hydrogen-bond donors (Lipinski definition) is 2. The van der Waals surface area contributed by atoms with Gasteiger partial charge in [-0.25, -0.2) is 4.99 Å². The van der Waals surface area contributed by atoms with Crippen molar-refractivity contribution < 1.29 is 23.0 Å². The van der Waals surface area contributed by atoms with E-state index in [4.69, 9.17) is 9.47 Å². The Labute approximate surface area is 159 Å². The monoisotopic (exact) mass is 385 g/mol. The molecule has 1 unspecified atom stereocenters. The Balaban J connectivity index is 2.03. The lowest BCUT2D eigenvalue weighted by atomic mass is 10.0. The molecular weight excluding hydrogens is 356 g/mol. The van der Waals surface area contributed by atoms with Crippen molar-refractivity contribution in [2.45, 2.75) is 52.4 Å². The molecule has 0 spiro atoms. The number of ether oxygens (including phenoxy) is 3. The van der Waals surface area contributed by atoms with Gasteiger partial charge in [-0.05, 0) is 51.3 Å². The van der Waals surface area contributed by atoms with E-state index in [9.17, 15) is 8.78 Å². The van der Waals surface area contributed by atoms with Crippen molar-refractivity contribution in [2.75, 3.05) is 26.3 Å². The van der Waals surface area contributed by atoms with E-state index in [1.54, 1.807) is 19.1 Å². The van der Waals surface area contributed by atoms with Crippen molar-refractivity contribution in [3.05, 3.63) is 23.8 Å². The molecule has 1 aliphatic heterocycles. The molecule has 1 fully saturated rings. The Kier molecular flexibility index (Phi) is 8.09. The van der Waals surface area contributed by atoms with Gasteiger partial charge >= 0.3 is 6.61 Å². The van der Waals surface area contributed by atoms with Gasteiger partial charge in [-0.3, -0.25) is 0 Å². The smallest absolute Gasteiger partial charge is 0.387 e. The Morgan fingerprint density at radius 1 is 1.30 bits per heavy atom. The summed E-state index contributed by atoms with van der Waals surface area (Å²) in [7, 11) is 0. The number of nitrogens with zero attached hydrogens (tertiary/aromatic N) is 1. The van der Waals surface area contributed by atoms with E-state index in [2.05, 4.69) is 27.3 Å². The molecular formula is C19H29F2N3O3. The summed E-state index contributed by atoms with van der Waals surface area (Å²) < 4.78 is 40.7. The third-order valence-electron chi connectivity index (χ3n) is 4.22. The maximum absolute atomic E-state index is 12.5. The van der Waals surface area contributed by atoms with Gasteiger partial charge in [0.25, 0.3) is 0 Å². The van der Waals surface area contributed by atoms with Crippen LogP contribution in [0.2, 0.25) is 0 Å². The van der Waals surface area contributed by atoms with Crippen LogP contribution in [0.3, 0.4) is 0 Å². The van der Waals surface area contributed by atoms with Crippen LogP contribution in [0.15, 0.2) is 23.2 Å². The summed E-state index contributed by atoms with van der Waals surface area (Å²) in [6, 6.07) is 4.86. The average Bonchev–Trinajstić information content (AvgIpc) is 3.06. The van der Waals surface area contributed by atoms with Gasteiger partial charge in [-0.2, -0.15) is 8.78 Å². The van der Waals surface area contributed by atoms with Crippen molar-refractivity contribution in [3.63, 3.8) is 0 Å². The number of guanidine groups is 1. The highest BCUT2D eigenvalue weighted by Crippen LogP contribution is 2.30. The van der Waals surface area contributed by atoms with Gasteiger partial charge in [-0.1, -0.05) is 6.07 Å². The number of rotatable bonds is 9. The first kappa shape index (κ1) is 21.2. The fraction of sp³-hybridized carbons (Fsp3) is 0.632. The molecule has 2 N–H and O–H groups in total. The van der Waals surface area contributed by atoms with Crippen molar-refractivity contribution in [1.29, 1.82) is 0 Å². The van der Waals surface area contributed by atoms with E-state index in [1.807, 2.05) is 6.92 Å². The second-order valence-corrected chi connectivity index (χ2v) is 6.54. The van der Waals surface area contributed by atoms with Gasteiger partial charge in [0.1, 0.15) is 0 Å². The summed E-state index contributed by atoms with van der Waals surface area (Å²) in [5.74, 6) is 0.992. The first-order valence-corrected chi connectivity index (χ1v) is 9.32. The topological polar surface area (TPSA) is 64.1 Å². The third-order valence-corrected chi connectivity index (χ3v) is 4.22. The third kappa shape index (κ3) is 6.86. The molecule has 1 aromatic carbocycles. The fourth-order valence-electron chi connectivity index (χ4n) is 2.87. The zero-order valence-corrected chi connectivity index (χ0v) is 16.2. The molecule has 1 aliphatic rings. The van der Waals surface area contributed by atoms with Gasteiger partial charge in [0.15, 0.2) is 17.5 Å². The molecule has 0 bridgehead atoms. The molecule has 0 saturated carbocycles. The molecule has 0 aromatic heterocycles. The van der Waals surface area contributed by atoms with Crippen LogP contribution in [0.25, 0.3) is 0 Å². The van der Waals surface area contributed by atoms with Crippen molar-refractivity contribution in [2.24, 2.45) is 4.99 Å². The number of nitrogens with one attached hydrogen (secondary N) is 2. The van der Waals surface area contributed by atoms with Gasteiger partial charge in [0.05, 0.1) is 18.8 Å². The van der Waals surface area contributed by atoms with Crippen LogP contribution in [0.4, 0.5) is 8.78 Å². The van der Waals surface area contributed by atoms with Crippen LogP contribution in [-0.4, -0.2) is 44.5 Å². The highest BCUT2D eigenvalue weighted by atomic mass is 19.3. The lowest BCUT2D eigenvalue weighted by Gasteiger charge is -2.24. The van der Waals surface area contributed by atoms with Crippen LogP contribution in [0.5, 0.6) is 11.5 Å². The summed E-state index contributed by atoms with van der Waals surface area (Å²) in [5.41, 5.74) is 0.660. The Bertz CT molecular complexity index is 620. The van der Waals surface area contributed by atoms with Crippen LogP contribution < -0.4 is 20.1 Å². The highest BCUT2D eigenvalue weighted by Gasteiger charge is 2.29. The molecule has 27 heavy (non-hydrogen) atoms. The number of aliphatic imine (C=N–C) groups is 1. The Morgan fingerprint density at radius 2 is 2.11 bits per heavy atom. The Hall–Kier alpha value is -2.09. The molecule has 1 aromatic rings. The van der Waals surface area contributed by atoms with E-state index in [1.165, 1.54) is 6.07 Å². The van der Waals surface area contributed by atoms with E-state index in [-0.39, 0.29) is 17.1 Å². The molecule has 6 nitrogen and oxygen atoms in total. The van der Waals surface area contributed by atoms with Crippen LogP contribution in [0, 0.1) is 0 Å². The zero-order chi connectivity index (χ0) is 19.7. The maximum atomic E-state index is 12.5. The van der Waals surface area contributed by atoms with E-state index in [0.717, 1.165) is 31.6 Å². The predicted molar refractivity (Wildman–Crippen MR) is 101 cm³/mol. The summed E-state index contributed by atoms with van der Waals surface area (Å²) in [5, 5.41) is 6.51.